The zero-order valence-electron chi connectivity index (χ0n) is 12.8. The summed E-state index contributed by atoms with van der Waals surface area (Å²) >= 11 is 0. The SMILES string of the molecule is CCOc1ccc(N(C(N)=O)c2ccc(OCC)cc2)cc1. The lowest BCUT2D eigenvalue weighted by atomic mass is 10.2. The zero-order valence-corrected chi connectivity index (χ0v) is 12.8. The van der Waals surface area contributed by atoms with E-state index >= 15 is 0 Å². The first-order valence-corrected chi connectivity index (χ1v) is 7.21. The largest absolute Gasteiger partial charge is 0.494 e. The van der Waals surface area contributed by atoms with E-state index in [2.05, 4.69) is 0 Å². The Kier molecular flexibility index (Phi) is 5.25. The Balaban J connectivity index is 2.27. The predicted molar refractivity (Wildman–Crippen MR) is 86.9 cm³/mol. The molecular weight excluding hydrogens is 280 g/mol. The summed E-state index contributed by atoms with van der Waals surface area (Å²) in [6.07, 6.45) is 0. The Morgan fingerprint density at radius 3 is 1.50 bits per heavy atom. The van der Waals surface area contributed by atoms with Gasteiger partial charge in [-0.25, -0.2) is 4.79 Å². The molecule has 0 aliphatic rings. The van der Waals surface area contributed by atoms with Gasteiger partial charge in [-0.05, 0) is 62.4 Å². The van der Waals surface area contributed by atoms with Gasteiger partial charge in [-0.3, -0.25) is 4.90 Å². The number of benzene rings is 2. The molecule has 0 radical (unpaired) electrons. The van der Waals surface area contributed by atoms with Gasteiger partial charge in [-0.2, -0.15) is 0 Å². The summed E-state index contributed by atoms with van der Waals surface area (Å²) in [7, 11) is 0. The molecule has 2 rings (SSSR count). The van der Waals surface area contributed by atoms with Crippen molar-refractivity contribution in [1.29, 1.82) is 0 Å². The van der Waals surface area contributed by atoms with E-state index in [0.717, 1.165) is 11.5 Å². The Morgan fingerprint density at radius 1 is 0.864 bits per heavy atom. The van der Waals surface area contributed by atoms with Crippen molar-refractivity contribution in [1.82, 2.24) is 0 Å². The van der Waals surface area contributed by atoms with Crippen molar-refractivity contribution in [3.63, 3.8) is 0 Å². The number of hydrogen-bond donors (Lipinski definition) is 1. The number of urea groups is 1. The van der Waals surface area contributed by atoms with Crippen LogP contribution in [0.2, 0.25) is 0 Å². The van der Waals surface area contributed by atoms with Crippen LogP contribution in [0.4, 0.5) is 16.2 Å². The third-order valence-electron chi connectivity index (χ3n) is 3.03. The number of hydrogen-bond acceptors (Lipinski definition) is 3. The second-order valence-electron chi connectivity index (χ2n) is 4.53. The molecule has 2 aromatic rings. The predicted octanol–water partition coefficient (Wildman–Crippen LogP) is 3.70. The highest BCUT2D eigenvalue weighted by atomic mass is 16.5. The quantitative estimate of drug-likeness (QED) is 0.884. The smallest absolute Gasteiger partial charge is 0.323 e. The molecule has 0 unspecified atom stereocenters. The van der Waals surface area contributed by atoms with Gasteiger partial charge in [0, 0.05) is 0 Å². The maximum absolute atomic E-state index is 11.8. The number of nitrogens with zero attached hydrogens (tertiary/aromatic N) is 1. The monoisotopic (exact) mass is 300 g/mol. The highest BCUT2D eigenvalue weighted by molar-refractivity contribution is 5.98. The van der Waals surface area contributed by atoms with Crippen molar-refractivity contribution in [3.05, 3.63) is 48.5 Å². The van der Waals surface area contributed by atoms with E-state index in [1.54, 1.807) is 24.3 Å². The molecule has 2 amide bonds. The molecule has 5 nitrogen and oxygen atoms in total. The van der Waals surface area contributed by atoms with Gasteiger partial charge in [-0.1, -0.05) is 0 Å². The van der Waals surface area contributed by atoms with Crippen molar-refractivity contribution in [2.75, 3.05) is 18.1 Å². The summed E-state index contributed by atoms with van der Waals surface area (Å²) in [4.78, 5) is 13.2. The van der Waals surface area contributed by atoms with Crippen LogP contribution in [0.25, 0.3) is 0 Å². The van der Waals surface area contributed by atoms with Crippen LogP contribution in [0.1, 0.15) is 13.8 Å². The number of carbonyl (C=O) groups excluding carboxylic acids is 1. The average molecular weight is 300 g/mol. The van der Waals surface area contributed by atoms with Crippen molar-refractivity contribution < 1.29 is 14.3 Å². The van der Waals surface area contributed by atoms with Crippen LogP contribution >= 0.6 is 0 Å². The van der Waals surface area contributed by atoms with Crippen LogP contribution in [0.15, 0.2) is 48.5 Å². The molecule has 0 aromatic heterocycles. The lowest BCUT2D eigenvalue weighted by Gasteiger charge is -2.21. The topological polar surface area (TPSA) is 64.8 Å². The normalized spacial score (nSPS) is 10.1. The fourth-order valence-corrected chi connectivity index (χ4v) is 2.12. The van der Waals surface area contributed by atoms with Gasteiger partial charge in [0.05, 0.1) is 24.6 Å². The molecule has 2 N–H and O–H groups in total. The van der Waals surface area contributed by atoms with Crippen molar-refractivity contribution in [2.45, 2.75) is 13.8 Å². The fraction of sp³-hybridized carbons (Fsp3) is 0.235. The van der Waals surface area contributed by atoms with Gasteiger partial charge in [0.2, 0.25) is 0 Å². The van der Waals surface area contributed by atoms with Crippen LogP contribution in [-0.4, -0.2) is 19.2 Å². The number of carbonyl (C=O) groups is 1. The van der Waals surface area contributed by atoms with Gasteiger partial charge >= 0.3 is 6.03 Å². The van der Waals surface area contributed by atoms with Crippen molar-refractivity contribution >= 4 is 17.4 Å². The minimum Gasteiger partial charge on any atom is -0.494 e. The Morgan fingerprint density at radius 2 is 1.23 bits per heavy atom. The van der Waals surface area contributed by atoms with E-state index in [1.807, 2.05) is 38.1 Å². The van der Waals surface area contributed by atoms with Gasteiger partial charge in [0.15, 0.2) is 0 Å². The van der Waals surface area contributed by atoms with E-state index in [4.69, 9.17) is 15.2 Å². The number of rotatable bonds is 6. The second-order valence-corrected chi connectivity index (χ2v) is 4.53. The Hall–Kier alpha value is -2.69. The standard InChI is InChI=1S/C17H20N2O3/c1-3-21-15-9-5-13(6-10-15)19(17(18)20)14-7-11-16(12-8-14)22-4-2/h5-12H,3-4H2,1-2H3,(H2,18,20). The molecule has 0 heterocycles. The molecule has 0 atom stereocenters. The maximum atomic E-state index is 11.8. The first-order chi connectivity index (χ1) is 10.7. The second kappa shape index (κ2) is 7.36. The molecule has 0 fully saturated rings. The molecule has 116 valence electrons. The number of ether oxygens (including phenoxy) is 2. The van der Waals surface area contributed by atoms with Gasteiger partial charge < -0.3 is 15.2 Å². The Labute approximate surface area is 130 Å². The average Bonchev–Trinajstić information content (AvgIpc) is 2.51. The number of primary amides is 1. The summed E-state index contributed by atoms with van der Waals surface area (Å²) in [5.74, 6) is 1.50. The van der Waals surface area contributed by atoms with Crippen LogP contribution in [0.3, 0.4) is 0 Å². The van der Waals surface area contributed by atoms with Gasteiger partial charge in [0.1, 0.15) is 11.5 Å². The minimum atomic E-state index is -0.548. The maximum Gasteiger partial charge on any atom is 0.323 e. The molecule has 0 bridgehead atoms. The lowest BCUT2D eigenvalue weighted by molar-refractivity contribution is 0.256. The van der Waals surface area contributed by atoms with Crippen LogP contribution in [-0.2, 0) is 0 Å². The molecule has 2 aromatic carbocycles. The van der Waals surface area contributed by atoms with Gasteiger partial charge in [0.25, 0.3) is 0 Å². The van der Waals surface area contributed by atoms with Crippen molar-refractivity contribution in [3.8, 4) is 11.5 Å². The summed E-state index contributed by atoms with van der Waals surface area (Å²) < 4.78 is 10.8. The van der Waals surface area contributed by atoms with E-state index in [1.165, 1.54) is 4.90 Å². The van der Waals surface area contributed by atoms with Crippen LogP contribution in [0, 0.1) is 0 Å². The van der Waals surface area contributed by atoms with Crippen LogP contribution in [0.5, 0.6) is 11.5 Å². The molecule has 5 heteroatoms. The minimum absolute atomic E-state index is 0.548. The van der Waals surface area contributed by atoms with Gasteiger partial charge in [-0.15, -0.1) is 0 Å². The summed E-state index contributed by atoms with van der Waals surface area (Å²) in [6.45, 7) is 5.03. The molecule has 0 spiro atoms. The fourth-order valence-electron chi connectivity index (χ4n) is 2.12. The number of amides is 2. The summed E-state index contributed by atoms with van der Waals surface area (Å²) in [6, 6.07) is 13.9. The molecule has 0 aliphatic heterocycles. The molecule has 22 heavy (non-hydrogen) atoms. The molecule has 0 aliphatic carbocycles. The first kappa shape index (κ1) is 15.7. The highest BCUT2D eigenvalue weighted by Crippen LogP contribution is 2.28. The molecule has 0 saturated heterocycles. The first-order valence-electron chi connectivity index (χ1n) is 7.21. The molecular formula is C17H20N2O3. The lowest BCUT2D eigenvalue weighted by Crippen LogP contribution is -2.31. The van der Waals surface area contributed by atoms with Crippen molar-refractivity contribution in [2.24, 2.45) is 5.73 Å². The highest BCUT2D eigenvalue weighted by Gasteiger charge is 2.15. The third-order valence-corrected chi connectivity index (χ3v) is 3.03. The number of nitrogens with two attached hydrogens (primary N) is 1. The number of anilines is 2. The zero-order chi connectivity index (χ0) is 15.9. The summed E-state index contributed by atoms with van der Waals surface area (Å²) in [5.41, 5.74) is 6.88. The van der Waals surface area contributed by atoms with E-state index in [9.17, 15) is 4.79 Å². The van der Waals surface area contributed by atoms with E-state index in [0.29, 0.717) is 24.6 Å². The summed E-state index contributed by atoms with van der Waals surface area (Å²) in [5, 5.41) is 0. The third kappa shape index (κ3) is 3.69. The Bertz CT molecular complexity index is 559. The van der Waals surface area contributed by atoms with Crippen LogP contribution < -0.4 is 20.1 Å². The molecule has 0 saturated carbocycles. The van der Waals surface area contributed by atoms with E-state index < -0.39 is 6.03 Å². The van der Waals surface area contributed by atoms with E-state index in [-0.39, 0.29) is 0 Å².